The van der Waals surface area contributed by atoms with Gasteiger partial charge in [-0.05, 0) is 30.7 Å². The first kappa shape index (κ1) is 14.3. The van der Waals surface area contributed by atoms with Crippen molar-refractivity contribution < 1.29 is 4.39 Å². The lowest BCUT2D eigenvalue weighted by molar-refractivity contribution is 0.627. The van der Waals surface area contributed by atoms with E-state index in [0.717, 1.165) is 38.3 Å². The van der Waals surface area contributed by atoms with Crippen molar-refractivity contribution in [2.24, 2.45) is 0 Å². The summed E-state index contributed by atoms with van der Waals surface area (Å²) in [5, 5.41) is 9.15. The molecule has 1 aliphatic rings. The number of hydrogen-bond donors (Lipinski definition) is 0. The summed E-state index contributed by atoms with van der Waals surface area (Å²) < 4.78 is 13.0. The van der Waals surface area contributed by atoms with Gasteiger partial charge in [-0.15, -0.1) is 0 Å². The smallest absolute Gasteiger partial charge is 0.183 e. The quantitative estimate of drug-likeness (QED) is 0.850. The van der Waals surface area contributed by atoms with E-state index in [1.165, 1.54) is 18.3 Å². The van der Waals surface area contributed by atoms with Crippen molar-refractivity contribution in [3.05, 3.63) is 48.2 Å². The fraction of sp³-hybridized carbons (Fsp3) is 0.312. The van der Waals surface area contributed by atoms with Gasteiger partial charge in [-0.2, -0.15) is 5.26 Å². The lowest BCUT2D eigenvalue weighted by atomic mass is 10.2. The minimum Gasteiger partial charge on any atom is -0.370 e. The van der Waals surface area contributed by atoms with Crippen molar-refractivity contribution in [1.29, 1.82) is 5.26 Å². The summed E-state index contributed by atoms with van der Waals surface area (Å²) in [7, 11) is 0. The van der Waals surface area contributed by atoms with Crippen LogP contribution in [-0.2, 0) is 0 Å². The van der Waals surface area contributed by atoms with E-state index in [9.17, 15) is 4.39 Å². The first-order valence-electron chi connectivity index (χ1n) is 7.24. The maximum atomic E-state index is 13.0. The molecule has 22 heavy (non-hydrogen) atoms. The van der Waals surface area contributed by atoms with Gasteiger partial charge in [-0.3, -0.25) is 0 Å². The van der Waals surface area contributed by atoms with E-state index in [4.69, 9.17) is 5.26 Å². The second kappa shape index (κ2) is 6.39. The molecule has 0 spiro atoms. The molecule has 0 atom stereocenters. The van der Waals surface area contributed by atoms with Gasteiger partial charge >= 0.3 is 0 Å². The Bertz CT molecular complexity index is 680. The summed E-state index contributed by atoms with van der Waals surface area (Å²) in [6.07, 6.45) is 4.09. The maximum Gasteiger partial charge on any atom is 0.183 e. The normalized spacial score (nSPS) is 15.3. The largest absolute Gasteiger partial charge is 0.370 e. The van der Waals surface area contributed by atoms with Crippen molar-refractivity contribution in [2.45, 2.75) is 6.42 Å². The summed E-state index contributed by atoms with van der Waals surface area (Å²) in [5.74, 6) is 0.421. The number of benzene rings is 1. The number of rotatable bonds is 2. The van der Waals surface area contributed by atoms with Crippen LogP contribution >= 0.6 is 0 Å². The number of hydrogen-bond acceptors (Lipinski definition) is 5. The molecule has 0 aliphatic carbocycles. The molecule has 1 aliphatic heterocycles. The highest BCUT2D eigenvalue weighted by atomic mass is 19.1. The fourth-order valence-electron chi connectivity index (χ4n) is 2.68. The molecule has 3 rings (SSSR count). The Kier molecular flexibility index (Phi) is 4.15. The Morgan fingerprint density at radius 2 is 1.64 bits per heavy atom. The Balaban J connectivity index is 1.75. The van der Waals surface area contributed by atoms with E-state index in [1.807, 2.05) is 0 Å². The van der Waals surface area contributed by atoms with Crippen molar-refractivity contribution in [1.82, 2.24) is 9.97 Å². The van der Waals surface area contributed by atoms with Crippen LogP contribution in [0.25, 0.3) is 0 Å². The SMILES string of the molecule is N#Cc1nccnc1N1CCCN(c2ccc(F)cc2)CC1. The van der Waals surface area contributed by atoms with Gasteiger partial charge in [-0.25, -0.2) is 14.4 Å². The highest BCUT2D eigenvalue weighted by Gasteiger charge is 2.19. The molecule has 1 aromatic carbocycles. The Hall–Kier alpha value is -2.68. The third-order valence-corrected chi connectivity index (χ3v) is 3.77. The molecule has 6 heteroatoms. The third-order valence-electron chi connectivity index (χ3n) is 3.77. The van der Waals surface area contributed by atoms with Crippen LogP contribution in [0.3, 0.4) is 0 Å². The zero-order valence-corrected chi connectivity index (χ0v) is 12.1. The number of halogens is 1. The number of aromatic nitrogens is 2. The van der Waals surface area contributed by atoms with Gasteiger partial charge in [0.25, 0.3) is 0 Å². The number of nitriles is 1. The second-order valence-corrected chi connectivity index (χ2v) is 5.14. The van der Waals surface area contributed by atoms with Gasteiger partial charge in [0.2, 0.25) is 0 Å². The van der Waals surface area contributed by atoms with E-state index in [0.29, 0.717) is 11.5 Å². The predicted octanol–water partition coefficient (Wildman–Crippen LogP) is 2.20. The summed E-state index contributed by atoms with van der Waals surface area (Å²) in [6.45, 7) is 3.27. The molecule has 0 saturated carbocycles. The monoisotopic (exact) mass is 297 g/mol. The molecule has 0 radical (unpaired) electrons. The maximum absolute atomic E-state index is 13.0. The fourth-order valence-corrected chi connectivity index (χ4v) is 2.68. The van der Waals surface area contributed by atoms with Crippen molar-refractivity contribution >= 4 is 11.5 Å². The first-order valence-corrected chi connectivity index (χ1v) is 7.24. The third kappa shape index (κ3) is 2.98. The van der Waals surface area contributed by atoms with Crippen LogP contribution in [0.4, 0.5) is 15.9 Å². The van der Waals surface area contributed by atoms with E-state index >= 15 is 0 Å². The zero-order chi connectivity index (χ0) is 15.4. The Morgan fingerprint density at radius 3 is 2.41 bits per heavy atom. The highest BCUT2D eigenvalue weighted by Crippen LogP contribution is 2.20. The molecular weight excluding hydrogens is 281 g/mol. The summed E-state index contributed by atoms with van der Waals surface area (Å²) in [4.78, 5) is 12.7. The Morgan fingerprint density at radius 1 is 0.955 bits per heavy atom. The molecule has 0 unspecified atom stereocenters. The van der Waals surface area contributed by atoms with Crippen molar-refractivity contribution in [3.8, 4) is 6.07 Å². The average molecular weight is 297 g/mol. The van der Waals surface area contributed by atoms with Gasteiger partial charge < -0.3 is 9.80 Å². The van der Waals surface area contributed by atoms with Gasteiger partial charge in [0.05, 0.1) is 0 Å². The van der Waals surface area contributed by atoms with Crippen LogP contribution in [-0.4, -0.2) is 36.1 Å². The molecule has 1 saturated heterocycles. The van der Waals surface area contributed by atoms with Gasteiger partial charge in [-0.1, -0.05) is 0 Å². The average Bonchev–Trinajstić information content (AvgIpc) is 2.81. The van der Waals surface area contributed by atoms with Crippen LogP contribution < -0.4 is 9.80 Å². The summed E-state index contributed by atoms with van der Waals surface area (Å²) in [6, 6.07) is 8.65. The molecule has 0 amide bonds. The van der Waals surface area contributed by atoms with Crippen LogP contribution in [0.1, 0.15) is 12.1 Å². The summed E-state index contributed by atoms with van der Waals surface area (Å²) >= 11 is 0. The highest BCUT2D eigenvalue weighted by molar-refractivity contribution is 5.51. The zero-order valence-electron chi connectivity index (χ0n) is 12.1. The van der Waals surface area contributed by atoms with E-state index < -0.39 is 0 Å². The van der Waals surface area contributed by atoms with Gasteiger partial charge in [0.1, 0.15) is 11.9 Å². The van der Waals surface area contributed by atoms with E-state index in [1.54, 1.807) is 18.3 Å². The molecular formula is C16H16FN5. The summed E-state index contributed by atoms with van der Waals surface area (Å²) in [5.41, 5.74) is 1.38. The number of nitrogens with zero attached hydrogens (tertiary/aromatic N) is 5. The molecule has 1 aromatic heterocycles. The van der Waals surface area contributed by atoms with Crippen LogP contribution in [0.5, 0.6) is 0 Å². The molecule has 0 N–H and O–H groups in total. The standard InChI is InChI=1S/C16H16FN5/c17-13-2-4-14(5-3-13)21-8-1-9-22(11-10-21)16-15(12-18)19-6-7-20-16/h2-7H,1,8-11H2. The molecule has 0 bridgehead atoms. The van der Waals surface area contributed by atoms with Gasteiger partial charge in [0.15, 0.2) is 11.5 Å². The Labute approximate surface area is 128 Å². The van der Waals surface area contributed by atoms with Crippen molar-refractivity contribution in [2.75, 3.05) is 36.0 Å². The molecule has 2 heterocycles. The van der Waals surface area contributed by atoms with Crippen LogP contribution in [0, 0.1) is 17.1 Å². The minimum atomic E-state index is -0.224. The molecule has 5 nitrogen and oxygen atoms in total. The lowest BCUT2D eigenvalue weighted by Crippen LogP contribution is -2.31. The lowest BCUT2D eigenvalue weighted by Gasteiger charge is -2.24. The molecule has 1 fully saturated rings. The minimum absolute atomic E-state index is 0.224. The van der Waals surface area contributed by atoms with E-state index in [2.05, 4.69) is 25.8 Å². The first-order chi connectivity index (χ1) is 10.8. The number of anilines is 2. The van der Waals surface area contributed by atoms with Crippen LogP contribution in [0.2, 0.25) is 0 Å². The molecule has 2 aromatic rings. The van der Waals surface area contributed by atoms with Crippen molar-refractivity contribution in [3.63, 3.8) is 0 Å². The topological polar surface area (TPSA) is 56.1 Å². The van der Waals surface area contributed by atoms with Crippen LogP contribution in [0.15, 0.2) is 36.7 Å². The molecule has 112 valence electrons. The predicted molar refractivity (Wildman–Crippen MR) is 82.2 cm³/mol. The van der Waals surface area contributed by atoms with Gasteiger partial charge in [0, 0.05) is 44.3 Å². The second-order valence-electron chi connectivity index (χ2n) is 5.14. The van der Waals surface area contributed by atoms with E-state index in [-0.39, 0.29) is 5.82 Å².